The van der Waals surface area contributed by atoms with Crippen LogP contribution in [0.15, 0.2) is 54.6 Å². The monoisotopic (exact) mass is 517 g/mol. The predicted molar refractivity (Wildman–Crippen MR) is 140 cm³/mol. The molecule has 0 spiro atoms. The fourth-order valence-electron chi connectivity index (χ4n) is 3.06. The molecule has 0 saturated heterocycles. The Kier molecular flexibility index (Phi) is 9.38. The van der Waals surface area contributed by atoms with Gasteiger partial charge in [0.1, 0.15) is 5.00 Å². The molecule has 0 aliphatic rings. The van der Waals surface area contributed by atoms with Gasteiger partial charge in [-0.15, -0.1) is 11.3 Å². The molecule has 2 amide bonds. The van der Waals surface area contributed by atoms with Gasteiger partial charge in [0.15, 0.2) is 0 Å². The van der Waals surface area contributed by atoms with Gasteiger partial charge >= 0.3 is 5.97 Å². The fraction of sp³-hybridized carbons (Fsp3) is 0.208. The third kappa shape index (κ3) is 6.99. The summed E-state index contributed by atoms with van der Waals surface area (Å²) in [6.07, 6.45) is 1.97. The van der Waals surface area contributed by atoms with Gasteiger partial charge in [0, 0.05) is 11.1 Å². The van der Waals surface area contributed by atoms with Crippen LogP contribution in [0.1, 0.15) is 22.8 Å². The summed E-state index contributed by atoms with van der Waals surface area (Å²) in [5, 5.41) is 6.27. The van der Waals surface area contributed by atoms with Crippen LogP contribution in [-0.4, -0.2) is 37.2 Å². The molecule has 0 unspecified atom stereocenters. The Morgan fingerprint density at radius 1 is 1.06 bits per heavy atom. The number of halogens is 1. The summed E-state index contributed by atoms with van der Waals surface area (Å²) in [4.78, 5) is 38.1. The largest absolute Gasteiger partial charge is 0.462 e. The summed E-state index contributed by atoms with van der Waals surface area (Å²) < 4.78 is 8.19. The van der Waals surface area contributed by atoms with Gasteiger partial charge in [0.2, 0.25) is 11.8 Å². The van der Waals surface area contributed by atoms with Crippen LogP contribution in [0, 0.1) is 0 Å². The van der Waals surface area contributed by atoms with Crippen LogP contribution in [0.2, 0.25) is 5.02 Å². The quantitative estimate of drug-likeness (QED) is 0.251. The van der Waals surface area contributed by atoms with Crippen molar-refractivity contribution in [3.63, 3.8) is 0 Å². The third-order valence-electron chi connectivity index (χ3n) is 4.59. The summed E-state index contributed by atoms with van der Waals surface area (Å²) in [5.41, 5.74) is 2.68. The van der Waals surface area contributed by atoms with Gasteiger partial charge < -0.3 is 20.1 Å². The minimum Gasteiger partial charge on any atom is -0.462 e. The Morgan fingerprint density at radius 2 is 1.82 bits per heavy atom. The van der Waals surface area contributed by atoms with Gasteiger partial charge in [-0.3, -0.25) is 9.59 Å². The minimum atomic E-state index is -0.516. The first-order valence-corrected chi connectivity index (χ1v) is 12.8. The van der Waals surface area contributed by atoms with E-state index in [4.69, 9.17) is 16.3 Å². The van der Waals surface area contributed by atoms with Crippen molar-refractivity contribution in [1.82, 2.24) is 5.32 Å². The Hall–Kier alpha value is -3.01. The summed E-state index contributed by atoms with van der Waals surface area (Å²) in [6, 6.07) is 16.5. The van der Waals surface area contributed by atoms with Crippen molar-refractivity contribution in [1.29, 1.82) is 0 Å². The molecule has 0 saturated carbocycles. The van der Waals surface area contributed by atoms with Gasteiger partial charge in [-0.2, -0.15) is 0 Å². The molecule has 0 atom stereocenters. The highest BCUT2D eigenvalue weighted by Gasteiger charge is 2.20. The molecule has 0 fully saturated rings. The van der Waals surface area contributed by atoms with Crippen molar-refractivity contribution >= 4 is 63.4 Å². The predicted octanol–water partition coefficient (Wildman–Crippen LogP) is 5.23. The smallest absolute Gasteiger partial charge is 0.341 e. The molecule has 2 aromatic carbocycles. The van der Waals surface area contributed by atoms with Crippen molar-refractivity contribution < 1.29 is 19.1 Å². The van der Waals surface area contributed by atoms with E-state index in [9.17, 15) is 14.4 Å². The van der Waals surface area contributed by atoms with Gasteiger partial charge in [-0.1, -0.05) is 59.9 Å². The SMILES string of the molecule is CCOC(=O)c1cc(-c2ccccc2)sc1NC(=O)CNC(=O)Cc1ccc(Cl)c(NSC)c1. The summed E-state index contributed by atoms with van der Waals surface area (Å²) in [6.45, 7) is 1.71. The maximum absolute atomic E-state index is 12.5. The number of esters is 1. The lowest BCUT2D eigenvalue weighted by Crippen LogP contribution is -2.33. The number of amides is 2. The van der Waals surface area contributed by atoms with E-state index in [1.807, 2.05) is 36.6 Å². The van der Waals surface area contributed by atoms with Crippen molar-refractivity contribution in [3.05, 3.63) is 70.7 Å². The van der Waals surface area contributed by atoms with E-state index in [0.717, 1.165) is 21.7 Å². The van der Waals surface area contributed by atoms with Gasteiger partial charge in [0.25, 0.3) is 0 Å². The Labute approximate surface area is 211 Å². The zero-order valence-corrected chi connectivity index (χ0v) is 21.0. The molecule has 7 nitrogen and oxygen atoms in total. The van der Waals surface area contributed by atoms with Gasteiger partial charge in [-0.25, -0.2) is 4.79 Å². The zero-order valence-electron chi connectivity index (χ0n) is 18.6. The highest BCUT2D eigenvalue weighted by atomic mass is 35.5. The Balaban J connectivity index is 1.64. The number of carbonyl (C=O) groups excluding carboxylic acids is 3. The number of rotatable bonds is 10. The minimum absolute atomic E-state index is 0.0960. The summed E-state index contributed by atoms with van der Waals surface area (Å²) >= 11 is 8.80. The summed E-state index contributed by atoms with van der Waals surface area (Å²) in [7, 11) is 0. The number of ether oxygens (including phenoxy) is 1. The molecular formula is C24H24ClN3O4S2. The number of hydrogen-bond acceptors (Lipinski definition) is 7. The standard InChI is InChI=1S/C24H24ClN3O4S2/c1-3-32-24(31)17-13-20(16-7-5-4-6-8-16)34-23(17)27-22(30)14-26-21(29)12-15-9-10-18(25)19(11-15)28-33-2/h4-11,13,28H,3,12,14H2,1-2H3,(H,26,29)(H,27,30). The number of carbonyl (C=O) groups is 3. The first-order valence-electron chi connectivity index (χ1n) is 10.4. The van der Waals surface area contributed by atoms with Crippen LogP contribution in [0.4, 0.5) is 10.7 Å². The molecule has 10 heteroatoms. The molecule has 1 heterocycles. The lowest BCUT2D eigenvalue weighted by molar-refractivity contribution is -0.123. The third-order valence-corrected chi connectivity index (χ3v) is 6.45. The Morgan fingerprint density at radius 3 is 2.53 bits per heavy atom. The van der Waals surface area contributed by atoms with E-state index < -0.39 is 11.9 Å². The fourth-order valence-corrected chi connectivity index (χ4v) is 4.73. The molecule has 0 aliphatic heterocycles. The van der Waals surface area contributed by atoms with E-state index in [0.29, 0.717) is 10.0 Å². The molecule has 1 aromatic heterocycles. The van der Waals surface area contributed by atoms with E-state index in [1.165, 1.54) is 23.3 Å². The van der Waals surface area contributed by atoms with E-state index in [2.05, 4.69) is 15.4 Å². The van der Waals surface area contributed by atoms with Crippen LogP contribution in [-0.2, 0) is 20.7 Å². The second-order valence-electron chi connectivity index (χ2n) is 7.06. The van der Waals surface area contributed by atoms with Gasteiger partial charge in [0.05, 0.1) is 35.8 Å². The van der Waals surface area contributed by atoms with Crippen LogP contribution in [0.5, 0.6) is 0 Å². The average molecular weight is 518 g/mol. The molecule has 0 aliphatic carbocycles. The second kappa shape index (κ2) is 12.5. The summed E-state index contributed by atoms with van der Waals surface area (Å²) in [5.74, 6) is -1.27. The number of benzene rings is 2. The van der Waals surface area contributed by atoms with Crippen LogP contribution < -0.4 is 15.4 Å². The number of hydrogen-bond donors (Lipinski definition) is 3. The molecular weight excluding hydrogens is 494 g/mol. The van der Waals surface area contributed by atoms with Crippen LogP contribution in [0.25, 0.3) is 10.4 Å². The molecule has 0 radical (unpaired) electrons. The van der Waals surface area contributed by atoms with Gasteiger partial charge in [-0.05, 0) is 36.2 Å². The molecule has 0 bridgehead atoms. The number of anilines is 2. The number of nitrogens with one attached hydrogen (secondary N) is 3. The van der Waals surface area contributed by atoms with Crippen molar-refractivity contribution in [3.8, 4) is 10.4 Å². The highest BCUT2D eigenvalue weighted by Crippen LogP contribution is 2.36. The lowest BCUT2D eigenvalue weighted by Gasteiger charge is -2.09. The average Bonchev–Trinajstić information content (AvgIpc) is 3.24. The molecule has 3 aromatic rings. The molecule has 34 heavy (non-hydrogen) atoms. The van der Waals surface area contributed by atoms with E-state index in [-0.39, 0.29) is 31.0 Å². The van der Waals surface area contributed by atoms with E-state index >= 15 is 0 Å². The van der Waals surface area contributed by atoms with Crippen LogP contribution in [0.3, 0.4) is 0 Å². The Bertz CT molecular complexity index is 1170. The normalized spacial score (nSPS) is 10.4. The van der Waals surface area contributed by atoms with Crippen molar-refractivity contribution in [2.24, 2.45) is 0 Å². The first kappa shape index (κ1) is 25.6. The first-order chi connectivity index (χ1) is 16.4. The topological polar surface area (TPSA) is 96.5 Å². The second-order valence-corrected chi connectivity index (χ2v) is 9.13. The highest BCUT2D eigenvalue weighted by molar-refractivity contribution is 7.99. The van der Waals surface area contributed by atoms with E-state index in [1.54, 1.807) is 31.2 Å². The van der Waals surface area contributed by atoms with Crippen molar-refractivity contribution in [2.45, 2.75) is 13.3 Å². The lowest BCUT2D eigenvalue weighted by atomic mass is 10.1. The maximum Gasteiger partial charge on any atom is 0.341 e. The zero-order chi connectivity index (χ0) is 24.5. The molecule has 178 valence electrons. The molecule has 3 N–H and O–H groups in total. The number of thiophene rings is 1. The maximum atomic E-state index is 12.5. The van der Waals surface area contributed by atoms with Crippen LogP contribution >= 0.6 is 34.9 Å². The molecule has 3 rings (SSSR count). The van der Waals surface area contributed by atoms with Crippen molar-refractivity contribution in [2.75, 3.05) is 29.4 Å².